The van der Waals surface area contributed by atoms with Crippen molar-refractivity contribution < 1.29 is 14.7 Å². The van der Waals surface area contributed by atoms with Crippen molar-refractivity contribution in [3.63, 3.8) is 0 Å². The van der Waals surface area contributed by atoms with Crippen molar-refractivity contribution in [2.75, 3.05) is 25.0 Å². The first-order valence-electron chi connectivity index (χ1n) is 9.73. The number of β-amino-alcohol motifs (C(OH)–C–C–N with tert-alkyl or cyclic N) is 1. The summed E-state index contributed by atoms with van der Waals surface area (Å²) < 4.78 is 0. The zero-order chi connectivity index (χ0) is 19.5. The largest absolute Gasteiger partial charge is 0.392 e. The van der Waals surface area contributed by atoms with Crippen molar-refractivity contribution in [3.8, 4) is 0 Å². The predicted molar refractivity (Wildman–Crippen MR) is 107 cm³/mol. The number of hydrogen-bond donors (Lipinski definition) is 3. The number of carbonyl (C=O) groups is 2. The number of hydrogen-bond acceptors (Lipinski definition) is 4. The van der Waals surface area contributed by atoms with Gasteiger partial charge in [0.05, 0.1) is 25.0 Å². The van der Waals surface area contributed by atoms with Crippen molar-refractivity contribution in [2.24, 2.45) is 0 Å². The van der Waals surface area contributed by atoms with Crippen molar-refractivity contribution in [2.45, 2.75) is 31.4 Å². The van der Waals surface area contributed by atoms with Crippen LogP contribution in [0.3, 0.4) is 0 Å². The Balaban J connectivity index is 1.43. The maximum absolute atomic E-state index is 12.7. The standard InChI is InChI=1S/C22H25N3O3/c26-18-8-9-25(13-18)14-20(16-4-2-1-3-5-16)24-21(27)11-15-6-7-17-12-22(28)23-19(17)10-15/h1-7,10,18,20,26H,8-9,11-14H2,(H,23,28)(H,24,27)/t18-,20+/m0/s1. The maximum atomic E-state index is 12.7. The van der Waals surface area contributed by atoms with Crippen molar-refractivity contribution in [1.29, 1.82) is 0 Å². The van der Waals surface area contributed by atoms with Crippen LogP contribution in [0.5, 0.6) is 0 Å². The van der Waals surface area contributed by atoms with E-state index >= 15 is 0 Å². The predicted octanol–water partition coefficient (Wildman–Crippen LogP) is 1.65. The molecule has 0 spiro atoms. The molecule has 1 saturated heterocycles. The van der Waals surface area contributed by atoms with Crippen LogP contribution in [-0.4, -0.2) is 47.6 Å². The minimum Gasteiger partial charge on any atom is -0.392 e. The van der Waals surface area contributed by atoms with Gasteiger partial charge in [-0.1, -0.05) is 42.5 Å². The number of carbonyl (C=O) groups excluding carboxylic acids is 2. The van der Waals surface area contributed by atoms with E-state index in [1.165, 1.54) is 0 Å². The summed E-state index contributed by atoms with van der Waals surface area (Å²) in [5, 5.41) is 15.8. The smallest absolute Gasteiger partial charge is 0.228 e. The molecule has 0 radical (unpaired) electrons. The van der Waals surface area contributed by atoms with E-state index in [4.69, 9.17) is 0 Å². The van der Waals surface area contributed by atoms with Gasteiger partial charge in [-0.15, -0.1) is 0 Å². The van der Waals surface area contributed by atoms with Crippen LogP contribution in [0.2, 0.25) is 0 Å². The second-order valence-corrected chi connectivity index (χ2v) is 7.63. The molecule has 6 nitrogen and oxygen atoms in total. The molecule has 0 saturated carbocycles. The molecule has 2 amide bonds. The molecule has 0 aromatic heterocycles. The Kier molecular flexibility index (Phi) is 5.41. The van der Waals surface area contributed by atoms with E-state index < -0.39 is 0 Å². The number of fused-ring (bicyclic) bond motifs is 1. The van der Waals surface area contributed by atoms with Gasteiger partial charge in [0.2, 0.25) is 11.8 Å². The molecule has 0 unspecified atom stereocenters. The van der Waals surface area contributed by atoms with E-state index in [1.54, 1.807) is 0 Å². The molecule has 3 N–H and O–H groups in total. The molecule has 0 aliphatic carbocycles. The molecule has 6 heteroatoms. The van der Waals surface area contributed by atoms with Gasteiger partial charge in [-0.25, -0.2) is 0 Å². The molecule has 146 valence electrons. The third-order valence-corrected chi connectivity index (χ3v) is 5.39. The van der Waals surface area contributed by atoms with Crippen LogP contribution in [0.25, 0.3) is 0 Å². The van der Waals surface area contributed by atoms with E-state index in [-0.39, 0.29) is 30.4 Å². The lowest BCUT2D eigenvalue weighted by Crippen LogP contribution is -2.38. The number of rotatable bonds is 6. The summed E-state index contributed by atoms with van der Waals surface area (Å²) in [7, 11) is 0. The highest BCUT2D eigenvalue weighted by molar-refractivity contribution is 5.99. The van der Waals surface area contributed by atoms with E-state index in [1.807, 2.05) is 48.5 Å². The van der Waals surface area contributed by atoms with Gasteiger partial charge in [-0.2, -0.15) is 0 Å². The third kappa shape index (κ3) is 4.40. The molecular formula is C22H25N3O3. The van der Waals surface area contributed by atoms with Crippen LogP contribution in [0.4, 0.5) is 5.69 Å². The summed E-state index contributed by atoms with van der Waals surface area (Å²) in [6.45, 7) is 2.15. The van der Waals surface area contributed by atoms with E-state index in [2.05, 4.69) is 15.5 Å². The number of likely N-dealkylation sites (tertiary alicyclic amines) is 1. The lowest BCUT2D eigenvalue weighted by molar-refractivity contribution is -0.121. The minimum absolute atomic E-state index is 0.00598. The number of nitrogens with zero attached hydrogens (tertiary/aromatic N) is 1. The van der Waals surface area contributed by atoms with Crippen molar-refractivity contribution in [1.82, 2.24) is 10.2 Å². The Bertz CT molecular complexity index is 869. The molecule has 2 aliphatic rings. The van der Waals surface area contributed by atoms with Gasteiger partial charge in [0.15, 0.2) is 0 Å². The van der Waals surface area contributed by atoms with Gasteiger partial charge in [0, 0.05) is 25.3 Å². The summed E-state index contributed by atoms with van der Waals surface area (Å²) in [6, 6.07) is 15.5. The van der Waals surface area contributed by atoms with Crippen LogP contribution in [-0.2, 0) is 22.4 Å². The Hall–Kier alpha value is -2.70. The topological polar surface area (TPSA) is 81.7 Å². The van der Waals surface area contributed by atoms with E-state index in [0.29, 0.717) is 19.5 Å². The average Bonchev–Trinajstić information content (AvgIpc) is 3.25. The molecule has 0 bridgehead atoms. The van der Waals surface area contributed by atoms with Crippen LogP contribution < -0.4 is 10.6 Å². The molecular weight excluding hydrogens is 354 g/mol. The van der Waals surface area contributed by atoms with Crippen LogP contribution in [0.1, 0.15) is 29.2 Å². The zero-order valence-electron chi connectivity index (χ0n) is 15.7. The molecule has 28 heavy (non-hydrogen) atoms. The molecule has 2 aromatic carbocycles. The fraction of sp³-hybridized carbons (Fsp3) is 0.364. The monoisotopic (exact) mass is 379 g/mol. The molecule has 2 aliphatic heterocycles. The Morgan fingerprint density at radius 1 is 1.25 bits per heavy atom. The van der Waals surface area contributed by atoms with Gasteiger partial charge in [0.25, 0.3) is 0 Å². The van der Waals surface area contributed by atoms with Crippen molar-refractivity contribution >= 4 is 17.5 Å². The van der Waals surface area contributed by atoms with E-state index in [9.17, 15) is 14.7 Å². The lowest BCUT2D eigenvalue weighted by atomic mass is 10.0. The number of benzene rings is 2. The first-order chi connectivity index (χ1) is 13.6. The van der Waals surface area contributed by atoms with Gasteiger partial charge >= 0.3 is 0 Å². The zero-order valence-corrected chi connectivity index (χ0v) is 15.7. The summed E-state index contributed by atoms with van der Waals surface area (Å²) in [4.78, 5) is 26.4. The highest BCUT2D eigenvalue weighted by Crippen LogP contribution is 2.24. The summed E-state index contributed by atoms with van der Waals surface area (Å²) in [5.74, 6) is -0.0635. The minimum atomic E-state index is -0.284. The summed E-state index contributed by atoms with van der Waals surface area (Å²) >= 11 is 0. The van der Waals surface area contributed by atoms with Gasteiger partial charge < -0.3 is 15.7 Å². The fourth-order valence-electron chi connectivity index (χ4n) is 3.96. The molecule has 2 heterocycles. The van der Waals surface area contributed by atoms with Gasteiger partial charge in [0.1, 0.15) is 0 Å². The number of anilines is 1. The highest BCUT2D eigenvalue weighted by Gasteiger charge is 2.25. The van der Waals surface area contributed by atoms with Gasteiger partial charge in [-0.3, -0.25) is 14.5 Å². The van der Waals surface area contributed by atoms with Crippen LogP contribution in [0.15, 0.2) is 48.5 Å². The van der Waals surface area contributed by atoms with Crippen molar-refractivity contribution in [3.05, 3.63) is 65.2 Å². The lowest BCUT2D eigenvalue weighted by Gasteiger charge is -2.25. The number of aliphatic hydroxyl groups excluding tert-OH is 1. The maximum Gasteiger partial charge on any atom is 0.228 e. The Labute approximate surface area is 164 Å². The van der Waals surface area contributed by atoms with Gasteiger partial charge in [-0.05, 0) is 29.2 Å². The second-order valence-electron chi connectivity index (χ2n) is 7.63. The number of nitrogens with one attached hydrogen (secondary N) is 2. The second kappa shape index (κ2) is 8.12. The molecule has 4 rings (SSSR count). The normalized spacial score (nSPS) is 19.9. The quantitative estimate of drug-likeness (QED) is 0.713. The van der Waals surface area contributed by atoms with E-state index in [0.717, 1.165) is 35.3 Å². The molecule has 2 aromatic rings. The first kappa shape index (κ1) is 18.7. The number of amides is 2. The summed E-state index contributed by atoms with van der Waals surface area (Å²) in [6.07, 6.45) is 1.15. The summed E-state index contributed by atoms with van der Waals surface area (Å²) in [5.41, 5.74) is 3.71. The molecule has 2 atom stereocenters. The highest BCUT2D eigenvalue weighted by atomic mass is 16.3. The SMILES string of the molecule is O=C1Cc2ccc(CC(=O)N[C@H](CN3CC[C@H](O)C3)c3ccccc3)cc2N1. The Morgan fingerprint density at radius 2 is 2.07 bits per heavy atom. The van der Waals surface area contributed by atoms with Crippen LogP contribution >= 0.6 is 0 Å². The first-order valence-corrected chi connectivity index (χ1v) is 9.73. The number of aliphatic hydroxyl groups is 1. The average molecular weight is 379 g/mol. The fourth-order valence-corrected chi connectivity index (χ4v) is 3.96. The Morgan fingerprint density at radius 3 is 2.82 bits per heavy atom. The van der Waals surface area contributed by atoms with Crippen LogP contribution in [0, 0.1) is 0 Å². The third-order valence-electron chi connectivity index (χ3n) is 5.39. The molecule has 1 fully saturated rings.